The summed E-state index contributed by atoms with van der Waals surface area (Å²) >= 11 is 0. The summed E-state index contributed by atoms with van der Waals surface area (Å²) in [4.78, 5) is 0. The maximum absolute atomic E-state index is 3.67. The molecule has 0 radical (unpaired) electrons. The van der Waals surface area contributed by atoms with Crippen molar-refractivity contribution in [3.8, 4) is 0 Å². The van der Waals surface area contributed by atoms with Crippen molar-refractivity contribution in [2.24, 2.45) is 0 Å². The number of hydrogen-bond acceptors (Lipinski definition) is 1. The predicted molar refractivity (Wildman–Crippen MR) is 74.5 cm³/mol. The van der Waals surface area contributed by atoms with Crippen LogP contribution in [0.3, 0.4) is 0 Å². The Morgan fingerprint density at radius 1 is 1.18 bits per heavy atom. The molecule has 0 amide bonds. The highest BCUT2D eigenvalue weighted by atomic mass is 14.9. The first-order valence-corrected chi connectivity index (χ1v) is 7.17. The SMILES string of the molecule is CCNC1CCCCC1c1cccc(CC)c1. The number of benzene rings is 1. The fourth-order valence-corrected chi connectivity index (χ4v) is 3.08. The van der Waals surface area contributed by atoms with E-state index in [9.17, 15) is 0 Å². The summed E-state index contributed by atoms with van der Waals surface area (Å²) in [5, 5.41) is 3.67. The first-order chi connectivity index (χ1) is 8.35. The van der Waals surface area contributed by atoms with Crippen LogP contribution in [0.4, 0.5) is 0 Å². The lowest BCUT2D eigenvalue weighted by Crippen LogP contribution is -2.37. The standard InChI is InChI=1S/C16H25N/c1-3-13-8-7-9-14(12-13)15-10-5-6-11-16(15)17-4-2/h7-9,12,15-17H,3-6,10-11H2,1-2H3. The Bertz CT molecular complexity index is 343. The zero-order valence-electron chi connectivity index (χ0n) is 11.2. The number of nitrogens with one attached hydrogen (secondary N) is 1. The van der Waals surface area contributed by atoms with Crippen LogP contribution in [-0.4, -0.2) is 12.6 Å². The molecule has 1 aromatic carbocycles. The zero-order chi connectivity index (χ0) is 12.1. The highest BCUT2D eigenvalue weighted by Crippen LogP contribution is 2.33. The molecule has 1 saturated carbocycles. The third-order valence-corrected chi connectivity index (χ3v) is 4.02. The second-order valence-corrected chi connectivity index (χ2v) is 5.15. The Hall–Kier alpha value is -0.820. The largest absolute Gasteiger partial charge is 0.314 e. The van der Waals surface area contributed by atoms with E-state index < -0.39 is 0 Å². The van der Waals surface area contributed by atoms with Gasteiger partial charge < -0.3 is 5.32 Å². The molecule has 1 fully saturated rings. The van der Waals surface area contributed by atoms with Crippen LogP contribution in [0.2, 0.25) is 0 Å². The van der Waals surface area contributed by atoms with Crippen LogP contribution in [0.5, 0.6) is 0 Å². The molecular weight excluding hydrogens is 206 g/mol. The lowest BCUT2D eigenvalue weighted by atomic mass is 9.79. The lowest BCUT2D eigenvalue weighted by Gasteiger charge is -2.32. The van der Waals surface area contributed by atoms with Crippen molar-refractivity contribution in [1.29, 1.82) is 0 Å². The van der Waals surface area contributed by atoms with Gasteiger partial charge in [0.05, 0.1) is 0 Å². The number of hydrogen-bond donors (Lipinski definition) is 1. The molecule has 94 valence electrons. The summed E-state index contributed by atoms with van der Waals surface area (Å²) in [6.45, 7) is 5.55. The van der Waals surface area contributed by atoms with Gasteiger partial charge in [0, 0.05) is 6.04 Å². The summed E-state index contributed by atoms with van der Waals surface area (Å²) < 4.78 is 0. The molecule has 0 aromatic heterocycles. The third kappa shape index (κ3) is 3.10. The van der Waals surface area contributed by atoms with Crippen LogP contribution in [0.25, 0.3) is 0 Å². The van der Waals surface area contributed by atoms with Crippen molar-refractivity contribution in [2.45, 2.75) is 57.9 Å². The summed E-state index contributed by atoms with van der Waals surface area (Å²) in [6.07, 6.45) is 6.62. The van der Waals surface area contributed by atoms with Crippen LogP contribution in [0.15, 0.2) is 24.3 Å². The molecule has 1 aliphatic rings. The average molecular weight is 231 g/mol. The monoisotopic (exact) mass is 231 g/mol. The maximum Gasteiger partial charge on any atom is 0.0136 e. The molecule has 1 heteroatoms. The van der Waals surface area contributed by atoms with Gasteiger partial charge in [0.1, 0.15) is 0 Å². The number of likely N-dealkylation sites (N-methyl/N-ethyl adjacent to an activating group) is 1. The second-order valence-electron chi connectivity index (χ2n) is 5.15. The smallest absolute Gasteiger partial charge is 0.0136 e. The van der Waals surface area contributed by atoms with Crippen LogP contribution < -0.4 is 5.32 Å². The molecule has 0 heterocycles. The van der Waals surface area contributed by atoms with Crippen molar-refractivity contribution >= 4 is 0 Å². The molecule has 0 bridgehead atoms. The van der Waals surface area contributed by atoms with Crippen molar-refractivity contribution in [3.05, 3.63) is 35.4 Å². The predicted octanol–water partition coefficient (Wildman–Crippen LogP) is 3.88. The molecular formula is C16H25N. The summed E-state index contributed by atoms with van der Waals surface area (Å²) in [6, 6.07) is 9.90. The summed E-state index contributed by atoms with van der Waals surface area (Å²) in [5.74, 6) is 0.732. The third-order valence-electron chi connectivity index (χ3n) is 4.02. The summed E-state index contributed by atoms with van der Waals surface area (Å²) in [5.41, 5.74) is 3.03. The van der Waals surface area contributed by atoms with Gasteiger partial charge in [0.25, 0.3) is 0 Å². The van der Waals surface area contributed by atoms with Crippen molar-refractivity contribution < 1.29 is 0 Å². The van der Waals surface area contributed by atoms with Crippen molar-refractivity contribution in [1.82, 2.24) is 5.32 Å². The Balaban J connectivity index is 2.16. The van der Waals surface area contributed by atoms with Gasteiger partial charge >= 0.3 is 0 Å². The topological polar surface area (TPSA) is 12.0 Å². The molecule has 0 aliphatic heterocycles. The second kappa shape index (κ2) is 6.20. The van der Waals surface area contributed by atoms with Gasteiger partial charge in [-0.15, -0.1) is 0 Å². The first-order valence-electron chi connectivity index (χ1n) is 7.17. The van der Waals surface area contributed by atoms with Crippen LogP contribution >= 0.6 is 0 Å². The van der Waals surface area contributed by atoms with Gasteiger partial charge in [0.15, 0.2) is 0 Å². The first kappa shape index (κ1) is 12.6. The molecule has 0 spiro atoms. The van der Waals surface area contributed by atoms with Gasteiger partial charge in [-0.25, -0.2) is 0 Å². The van der Waals surface area contributed by atoms with E-state index in [1.807, 2.05) is 0 Å². The molecule has 2 rings (SSSR count). The van der Waals surface area contributed by atoms with Gasteiger partial charge in [-0.3, -0.25) is 0 Å². The van der Waals surface area contributed by atoms with E-state index in [4.69, 9.17) is 0 Å². The normalized spacial score (nSPS) is 24.8. The minimum Gasteiger partial charge on any atom is -0.314 e. The molecule has 1 aliphatic carbocycles. The molecule has 1 N–H and O–H groups in total. The Kier molecular flexibility index (Phi) is 4.61. The van der Waals surface area contributed by atoms with Gasteiger partial charge in [-0.2, -0.15) is 0 Å². The Morgan fingerprint density at radius 2 is 2.00 bits per heavy atom. The quantitative estimate of drug-likeness (QED) is 0.829. The minimum atomic E-state index is 0.695. The van der Waals surface area contributed by atoms with Gasteiger partial charge in [0.2, 0.25) is 0 Å². The lowest BCUT2D eigenvalue weighted by molar-refractivity contribution is 0.332. The molecule has 17 heavy (non-hydrogen) atoms. The molecule has 2 unspecified atom stereocenters. The highest BCUT2D eigenvalue weighted by molar-refractivity contribution is 5.28. The molecule has 1 aromatic rings. The van der Waals surface area contributed by atoms with Crippen LogP contribution in [0, 0.1) is 0 Å². The Labute approximate surface area is 106 Å². The van der Waals surface area contributed by atoms with Gasteiger partial charge in [-0.05, 0) is 42.9 Å². The van der Waals surface area contributed by atoms with E-state index in [-0.39, 0.29) is 0 Å². The highest BCUT2D eigenvalue weighted by Gasteiger charge is 2.25. The number of rotatable bonds is 4. The molecule has 1 nitrogen and oxygen atoms in total. The zero-order valence-corrected chi connectivity index (χ0v) is 11.2. The van der Waals surface area contributed by atoms with E-state index in [1.54, 1.807) is 5.56 Å². The van der Waals surface area contributed by atoms with E-state index in [0.717, 1.165) is 18.9 Å². The minimum absolute atomic E-state index is 0.695. The van der Waals surface area contributed by atoms with Crippen LogP contribution in [-0.2, 0) is 6.42 Å². The van der Waals surface area contributed by atoms with Crippen molar-refractivity contribution in [3.63, 3.8) is 0 Å². The average Bonchev–Trinajstić information content (AvgIpc) is 2.40. The molecule has 0 saturated heterocycles. The van der Waals surface area contributed by atoms with E-state index in [2.05, 4.69) is 43.4 Å². The van der Waals surface area contributed by atoms with Gasteiger partial charge in [-0.1, -0.05) is 51.0 Å². The fraction of sp³-hybridized carbons (Fsp3) is 0.625. The fourth-order valence-electron chi connectivity index (χ4n) is 3.08. The Morgan fingerprint density at radius 3 is 2.76 bits per heavy atom. The van der Waals surface area contributed by atoms with Crippen molar-refractivity contribution in [2.75, 3.05) is 6.54 Å². The van der Waals surface area contributed by atoms with E-state index >= 15 is 0 Å². The van der Waals surface area contributed by atoms with Crippen LogP contribution in [0.1, 0.15) is 56.6 Å². The number of aryl methyl sites for hydroxylation is 1. The summed E-state index contributed by atoms with van der Waals surface area (Å²) in [7, 11) is 0. The molecule has 2 atom stereocenters. The van der Waals surface area contributed by atoms with E-state index in [0.29, 0.717) is 6.04 Å². The van der Waals surface area contributed by atoms with E-state index in [1.165, 1.54) is 31.2 Å². The maximum atomic E-state index is 3.67.